The smallest absolute Gasteiger partial charge is 0.322 e. The summed E-state index contributed by atoms with van der Waals surface area (Å²) in [5, 5.41) is 8.97. The quantitative estimate of drug-likeness (QED) is 0.857. The predicted molar refractivity (Wildman–Crippen MR) is 59.3 cm³/mol. The molecule has 1 aromatic rings. The van der Waals surface area contributed by atoms with Gasteiger partial charge in [-0.05, 0) is 32.4 Å². The van der Waals surface area contributed by atoms with E-state index in [4.69, 9.17) is 5.11 Å². The van der Waals surface area contributed by atoms with Gasteiger partial charge in [-0.1, -0.05) is 18.2 Å². The molecule has 0 heterocycles. The second-order valence-electron chi connectivity index (χ2n) is 3.85. The van der Waals surface area contributed by atoms with Crippen LogP contribution >= 0.6 is 0 Å². The molecule has 0 bridgehead atoms. The monoisotopic (exact) mass is 226 g/mol. The number of hydrogen-bond acceptors (Lipinski definition) is 2. The SMILES string of the molecule is Cc1ccccc1S(=O)C(C)(C)C(=O)O. The van der Waals surface area contributed by atoms with E-state index in [0.717, 1.165) is 5.56 Å². The minimum Gasteiger partial charge on any atom is -0.480 e. The fourth-order valence-corrected chi connectivity index (χ4v) is 2.39. The van der Waals surface area contributed by atoms with Crippen LogP contribution in [0.2, 0.25) is 0 Å². The summed E-state index contributed by atoms with van der Waals surface area (Å²) in [6.07, 6.45) is 0. The number of carboxylic acids is 1. The molecular formula is C11H14O3S. The summed E-state index contributed by atoms with van der Waals surface area (Å²) in [6.45, 7) is 4.76. The highest BCUT2D eigenvalue weighted by Gasteiger charge is 2.35. The molecule has 15 heavy (non-hydrogen) atoms. The molecule has 0 saturated heterocycles. The molecule has 1 N–H and O–H groups in total. The second-order valence-corrected chi connectivity index (χ2v) is 5.85. The van der Waals surface area contributed by atoms with Crippen LogP contribution in [0.5, 0.6) is 0 Å². The van der Waals surface area contributed by atoms with Crippen molar-refractivity contribution in [1.29, 1.82) is 0 Å². The van der Waals surface area contributed by atoms with E-state index in [-0.39, 0.29) is 0 Å². The van der Waals surface area contributed by atoms with Crippen molar-refractivity contribution in [2.24, 2.45) is 0 Å². The molecule has 0 spiro atoms. The van der Waals surface area contributed by atoms with Gasteiger partial charge in [0.1, 0.15) is 4.75 Å². The summed E-state index contributed by atoms with van der Waals surface area (Å²) in [7, 11) is -1.53. The highest BCUT2D eigenvalue weighted by molar-refractivity contribution is 7.87. The Morgan fingerprint density at radius 2 is 1.87 bits per heavy atom. The molecular weight excluding hydrogens is 212 g/mol. The third kappa shape index (κ3) is 2.26. The van der Waals surface area contributed by atoms with Crippen LogP contribution < -0.4 is 0 Å². The van der Waals surface area contributed by atoms with Crippen LogP contribution in [0.4, 0.5) is 0 Å². The Labute approximate surface area is 91.6 Å². The van der Waals surface area contributed by atoms with Crippen molar-refractivity contribution in [1.82, 2.24) is 0 Å². The van der Waals surface area contributed by atoms with Gasteiger partial charge in [0.25, 0.3) is 0 Å². The summed E-state index contributed by atoms with van der Waals surface area (Å²) in [4.78, 5) is 11.5. The highest BCUT2D eigenvalue weighted by Crippen LogP contribution is 2.23. The summed E-state index contributed by atoms with van der Waals surface area (Å²) in [5.41, 5.74) is 0.852. The average Bonchev–Trinajstić information content (AvgIpc) is 2.17. The summed E-state index contributed by atoms with van der Waals surface area (Å²) in [6, 6.07) is 7.13. The van der Waals surface area contributed by atoms with Gasteiger partial charge >= 0.3 is 5.97 Å². The fourth-order valence-electron chi connectivity index (χ4n) is 1.12. The lowest BCUT2D eigenvalue weighted by molar-refractivity contribution is -0.139. The van der Waals surface area contributed by atoms with E-state index in [2.05, 4.69) is 0 Å². The molecule has 1 unspecified atom stereocenters. The third-order valence-corrected chi connectivity index (χ3v) is 4.23. The van der Waals surface area contributed by atoms with E-state index in [1.54, 1.807) is 12.1 Å². The molecule has 0 amide bonds. The normalized spacial score (nSPS) is 13.5. The summed E-state index contributed by atoms with van der Waals surface area (Å²) >= 11 is 0. The topological polar surface area (TPSA) is 54.4 Å². The maximum atomic E-state index is 12.1. The maximum Gasteiger partial charge on any atom is 0.322 e. The number of rotatable bonds is 3. The van der Waals surface area contributed by atoms with Gasteiger partial charge in [-0.15, -0.1) is 0 Å². The minimum absolute atomic E-state index is 0.588. The van der Waals surface area contributed by atoms with Crippen LogP contribution in [-0.4, -0.2) is 20.0 Å². The molecule has 0 aliphatic rings. The van der Waals surface area contributed by atoms with E-state index < -0.39 is 21.5 Å². The first-order valence-electron chi connectivity index (χ1n) is 4.58. The van der Waals surface area contributed by atoms with Gasteiger partial charge in [-0.2, -0.15) is 0 Å². The lowest BCUT2D eigenvalue weighted by Crippen LogP contribution is -2.36. The van der Waals surface area contributed by atoms with Crippen molar-refractivity contribution in [2.45, 2.75) is 30.4 Å². The first kappa shape index (κ1) is 11.9. The Kier molecular flexibility index (Phi) is 3.29. The molecule has 0 aliphatic heterocycles. The highest BCUT2D eigenvalue weighted by atomic mass is 32.2. The molecule has 0 radical (unpaired) electrons. The molecule has 1 rings (SSSR count). The number of carboxylic acid groups (broad SMARTS) is 1. The molecule has 0 aromatic heterocycles. The zero-order valence-electron chi connectivity index (χ0n) is 8.98. The lowest BCUT2D eigenvalue weighted by Gasteiger charge is -2.19. The summed E-state index contributed by atoms with van der Waals surface area (Å²) < 4.78 is 10.8. The molecule has 4 heteroatoms. The first-order valence-corrected chi connectivity index (χ1v) is 5.73. The number of aliphatic carboxylic acids is 1. The standard InChI is InChI=1S/C11H14O3S/c1-8-6-4-5-7-9(8)15(14)11(2,3)10(12)13/h4-7H,1-3H3,(H,12,13). The van der Waals surface area contributed by atoms with E-state index in [0.29, 0.717) is 4.90 Å². The third-order valence-electron chi connectivity index (χ3n) is 2.27. The Bertz CT molecular complexity index is 410. The Morgan fingerprint density at radius 3 is 2.33 bits per heavy atom. The predicted octanol–water partition coefficient (Wildman–Crippen LogP) is 1.97. The van der Waals surface area contributed by atoms with E-state index in [9.17, 15) is 9.00 Å². The van der Waals surface area contributed by atoms with Crippen LogP contribution in [0.1, 0.15) is 19.4 Å². The Morgan fingerprint density at radius 1 is 1.33 bits per heavy atom. The molecule has 0 fully saturated rings. The van der Waals surface area contributed by atoms with Gasteiger partial charge in [0.15, 0.2) is 0 Å². The van der Waals surface area contributed by atoms with Crippen molar-refractivity contribution in [3.05, 3.63) is 29.8 Å². The zero-order chi connectivity index (χ0) is 11.6. The molecule has 0 aliphatic carbocycles. The van der Waals surface area contributed by atoms with Crippen LogP contribution in [0.15, 0.2) is 29.2 Å². The van der Waals surface area contributed by atoms with Crippen molar-refractivity contribution >= 4 is 16.8 Å². The first-order chi connectivity index (χ1) is 6.87. The number of aryl methyl sites for hydroxylation is 1. The summed E-state index contributed by atoms with van der Waals surface area (Å²) in [5.74, 6) is -1.05. The largest absolute Gasteiger partial charge is 0.480 e. The Balaban J connectivity index is 3.16. The van der Waals surface area contributed by atoms with Crippen molar-refractivity contribution in [3.8, 4) is 0 Å². The molecule has 1 aromatic carbocycles. The Hall–Kier alpha value is -1.16. The number of carbonyl (C=O) groups is 1. The number of benzene rings is 1. The van der Waals surface area contributed by atoms with Crippen molar-refractivity contribution in [3.63, 3.8) is 0 Å². The van der Waals surface area contributed by atoms with Gasteiger partial charge in [0, 0.05) is 4.90 Å². The second kappa shape index (κ2) is 4.14. The van der Waals surface area contributed by atoms with E-state index in [1.807, 2.05) is 19.1 Å². The van der Waals surface area contributed by atoms with Crippen molar-refractivity contribution < 1.29 is 14.1 Å². The maximum absolute atomic E-state index is 12.1. The lowest BCUT2D eigenvalue weighted by atomic mass is 10.2. The zero-order valence-corrected chi connectivity index (χ0v) is 9.80. The fraction of sp³-hybridized carbons (Fsp3) is 0.364. The molecule has 0 saturated carbocycles. The van der Waals surface area contributed by atoms with Gasteiger partial charge in [0.2, 0.25) is 0 Å². The van der Waals surface area contributed by atoms with Crippen LogP contribution in [-0.2, 0) is 15.6 Å². The van der Waals surface area contributed by atoms with Gasteiger partial charge in [0.05, 0.1) is 10.8 Å². The van der Waals surface area contributed by atoms with Crippen LogP contribution in [0.3, 0.4) is 0 Å². The van der Waals surface area contributed by atoms with Crippen LogP contribution in [0, 0.1) is 6.92 Å². The van der Waals surface area contributed by atoms with Crippen molar-refractivity contribution in [2.75, 3.05) is 0 Å². The van der Waals surface area contributed by atoms with Gasteiger partial charge in [-0.25, -0.2) is 0 Å². The number of hydrogen-bond donors (Lipinski definition) is 1. The van der Waals surface area contributed by atoms with E-state index >= 15 is 0 Å². The molecule has 3 nitrogen and oxygen atoms in total. The van der Waals surface area contributed by atoms with Gasteiger partial charge < -0.3 is 5.11 Å². The molecule has 1 atom stereocenters. The molecule has 82 valence electrons. The minimum atomic E-state index is -1.53. The van der Waals surface area contributed by atoms with Gasteiger partial charge in [-0.3, -0.25) is 9.00 Å². The van der Waals surface area contributed by atoms with E-state index in [1.165, 1.54) is 13.8 Å². The average molecular weight is 226 g/mol. The van der Waals surface area contributed by atoms with Crippen LogP contribution in [0.25, 0.3) is 0 Å².